The van der Waals surface area contributed by atoms with Crippen LogP contribution in [0, 0.1) is 11.3 Å². The molecule has 0 unspecified atom stereocenters. The lowest BCUT2D eigenvalue weighted by Crippen LogP contribution is -2.10. The van der Waals surface area contributed by atoms with Crippen molar-refractivity contribution in [2.45, 2.75) is 6.92 Å². The summed E-state index contributed by atoms with van der Waals surface area (Å²) in [5.74, 6) is 0.903. The zero-order valence-electron chi connectivity index (χ0n) is 18.3. The molecule has 1 aromatic heterocycles. The van der Waals surface area contributed by atoms with E-state index in [0.29, 0.717) is 64.7 Å². The van der Waals surface area contributed by atoms with Gasteiger partial charge in [0.2, 0.25) is 0 Å². The Labute approximate surface area is 186 Å². The number of ketones is 1. The van der Waals surface area contributed by atoms with Gasteiger partial charge >= 0.3 is 0 Å². The van der Waals surface area contributed by atoms with Crippen molar-refractivity contribution >= 4 is 28.1 Å². The summed E-state index contributed by atoms with van der Waals surface area (Å²) in [6.45, 7) is 2.91. The minimum Gasteiger partial charge on any atom is -0.487 e. The molecule has 2 aromatic carbocycles. The maximum atomic E-state index is 11.8. The van der Waals surface area contributed by atoms with Crippen molar-refractivity contribution in [2.75, 3.05) is 46.0 Å². The standard InChI is InChI=1S/C24H25N3O5/c1-16(28)17-5-4-6-19(13-17)27-23-18(14-25)15-26-20-7-8-21(31-11-9-29-2)24(22(20)23)32-12-10-30-3/h4-8,13,15H,9-12H2,1-3H3,(H,26,27). The third-order valence-electron chi connectivity index (χ3n) is 4.69. The van der Waals surface area contributed by atoms with Crippen LogP contribution < -0.4 is 14.8 Å². The first-order chi connectivity index (χ1) is 15.6. The number of nitrogens with one attached hydrogen (secondary N) is 1. The number of carbonyl (C=O) groups is 1. The minimum absolute atomic E-state index is 0.0499. The van der Waals surface area contributed by atoms with E-state index in [-0.39, 0.29) is 12.4 Å². The summed E-state index contributed by atoms with van der Waals surface area (Å²) in [6, 6.07) is 12.8. The smallest absolute Gasteiger partial charge is 0.172 e. The number of ether oxygens (including phenoxy) is 4. The average molecular weight is 435 g/mol. The lowest BCUT2D eigenvalue weighted by Gasteiger charge is -2.18. The highest BCUT2D eigenvalue weighted by molar-refractivity contribution is 6.02. The van der Waals surface area contributed by atoms with E-state index in [9.17, 15) is 10.1 Å². The van der Waals surface area contributed by atoms with Gasteiger partial charge in [-0.3, -0.25) is 9.78 Å². The van der Waals surface area contributed by atoms with Crippen LogP contribution in [0.2, 0.25) is 0 Å². The summed E-state index contributed by atoms with van der Waals surface area (Å²) >= 11 is 0. The van der Waals surface area contributed by atoms with E-state index in [1.165, 1.54) is 13.1 Å². The molecule has 32 heavy (non-hydrogen) atoms. The second-order valence-corrected chi connectivity index (χ2v) is 6.89. The molecular formula is C24H25N3O5. The summed E-state index contributed by atoms with van der Waals surface area (Å²) in [5.41, 5.74) is 2.70. The number of hydrogen-bond donors (Lipinski definition) is 1. The maximum Gasteiger partial charge on any atom is 0.172 e. The predicted molar refractivity (Wildman–Crippen MR) is 121 cm³/mol. The normalized spacial score (nSPS) is 10.6. The van der Waals surface area contributed by atoms with Gasteiger partial charge in [0.05, 0.1) is 35.4 Å². The van der Waals surface area contributed by atoms with Crippen LogP contribution >= 0.6 is 0 Å². The Hall–Kier alpha value is -3.67. The number of methoxy groups -OCH3 is 2. The van der Waals surface area contributed by atoms with Crippen LogP contribution in [-0.2, 0) is 9.47 Å². The molecule has 0 amide bonds. The Balaban J connectivity index is 2.16. The maximum absolute atomic E-state index is 11.8. The van der Waals surface area contributed by atoms with Gasteiger partial charge in [-0.15, -0.1) is 0 Å². The number of hydrogen-bond acceptors (Lipinski definition) is 8. The average Bonchev–Trinajstić information content (AvgIpc) is 2.80. The van der Waals surface area contributed by atoms with Crippen LogP contribution in [0.1, 0.15) is 22.8 Å². The van der Waals surface area contributed by atoms with Gasteiger partial charge in [0, 0.05) is 31.7 Å². The first kappa shape index (κ1) is 23.0. The van der Waals surface area contributed by atoms with Gasteiger partial charge in [0.1, 0.15) is 19.3 Å². The fourth-order valence-electron chi connectivity index (χ4n) is 3.13. The number of Topliss-reactive ketones (excluding diaryl/α,β-unsaturated/α-hetero) is 1. The van der Waals surface area contributed by atoms with Crippen LogP contribution in [0.3, 0.4) is 0 Å². The number of nitrogens with zero attached hydrogens (tertiary/aromatic N) is 2. The summed E-state index contributed by atoms with van der Waals surface area (Å²) in [7, 11) is 3.19. The molecule has 0 aliphatic heterocycles. The van der Waals surface area contributed by atoms with Crippen molar-refractivity contribution in [3.8, 4) is 17.6 Å². The number of rotatable bonds is 11. The van der Waals surface area contributed by atoms with Crippen LogP contribution in [-0.4, -0.2) is 51.4 Å². The third kappa shape index (κ3) is 5.32. The molecule has 0 aliphatic carbocycles. The van der Waals surface area contributed by atoms with Gasteiger partial charge in [-0.25, -0.2) is 0 Å². The van der Waals surface area contributed by atoms with Crippen LogP contribution in [0.5, 0.6) is 11.5 Å². The molecule has 3 aromatic rings. The Morgan fingerprint density at radius 3 is 2.50 bits per heavy atom. The summed E-state index contributed by atoms with van der Waals surface area (Å²) < 4.78 is 22.1. The highest BCUT2D eigenvalue weighted by Gasteiger charge is 2.19. The fraction of sp³-hybridized carbons (Fsp3) is 0.292. The zero-order chi connectivity index (χ0) is 22.9. The molecule has 0 spiro atoms. The van der Waals surface area contributed by atoms with Crippen molar-refractivity contribution in [3.05, 3.63) is 53.7 Å². The topological polar surface area (TPSA) is 103 Å². The molecule has 0 radical (unpaired) electrons. The third-order valence-corrected chi connectivity index (χ3v) is 4.69. The monoisotopic (exact) mass is 435 g/mol. The summed E-state index contributed by atoms with van der Waals surface area (Å²) in [4.78, 5) is 16.2. The minimum atomic E-state index is -0.0499. The quantitative estimate of drug-likeness (QED) is 0.355. The molecule has 0 bridgehead atoms. The molecule has 0 aliphatic rings. The molecule has 166 valence electrons. The number of nitriles is 1. The lowest BCUT2D eigenvalue weighted by atomic mass is 10.1. The van der Waals surface area contributed by atoms with Gasteiger partial charge in [0.25, 0.3) is 0 Å². The van der Waals surface area contributed by atoms with Gasteiger partial charge in [-0.2, -0.15) is 5.26 Å². The van der Waals surface area contributed by atoms with E-state index < -0.39 is 0 Å². The molecule has 8 nitrogen and oxygen atoms in total. The summed E-state index contributed by atoms with van der Waals surface area (Å²) in [6.07, 6.45) is 1.50. The molecule has 1 heterocycles. The Morgan fingerprint density at radius 2 is 1.81 bits per heavy atom. The summed E-state index contributed by atoms with van der Waals surface area (Å²) in [5, 5.41) is 13.6. The number of benzene rings is 2. The van der Waals surface area contributed by atoms with E-state index in [1.54, 1.807) is 44.6 Å². The van der Waals surface area contributed by atoms with Gasteiger partial charge in [-0.05, 0) is 31.2 Å². The second-order valence-electron chi connectivity index (χ2n) is 6.89. The van der Waals surface area contributed by atoms with E-state index in [0.717, 1.165) is 0 Å². The van der Waals surface area contributed by atoms with Crippen LogP contribution in [0.25, 0.3) is 10.9 Å². The van der Waals surface area contributed by atoms with Crippen molar-refractivity contribution in [1.29, 1.82) is 5.26 Å². The van der Waals surface area contributed by atoms with Gasteiger partial charge < -0.3 is 24.3 Å². The lowest BCUT2D eigenvalue weighted by molar-refractivity contribution is 0.101. The van der Waals surface area contributed by atoms with Crippen LogP contribution in [0.4, 0.5) is 11.4 Å². The Kier molecular flexibility index (Phi) is 7.97. The zero-order valence-corrected chi connectivity index (χ0v) is 18.3. The molecule has 8 heteroatoms. The highest BCUT2D eigenvalue weighted by atomic mass is 16.5. The second kappa shape index (κ2) is 11.1. The molecule has 0 saturated carbocycles. The van der Waals surface area contributed by atoms with Crippen molar-refractivity contribution in [1.82, 2.24) is 4.98 Å². The first-order valence-electron chi connectivity index (χ1n) is 10.1. The number of fused-ring (bicyclic) bond motifs is 1. The van der Waals surface area contributed by atoms with Crippen molar-refractivity contribution < 1.29 is 23.7 Å². The van der Waals surface area contributed by atoms with Gasteiger partial charge in [0.15, 0.2) is 17.3 Å². The fourth-order valence-corrected chi connectivity index (χ4v) is 3.13. The molecule has 3 rings (SSSR count). The number of carbonyl (C=O) groups excluding carboxylic acids is 1. The number of pyridine rings is 1. The highest BCUT2D eigenvalue weighted by Crippen LogP contribution is 2.41. The largest absolute Gasteiger partial charge is 0.487 e. The number of aromatic nitrogens is 1. The molecule has 0 saturated heterocycles. The molecule has 0 fully saturated rings. The molecule has 1 N–H and O–H groups in total. The van der Waals surface area contributed by atoms with Crippen molar-refractivity contribution in [3.63, 3.8) is 0 Å². The number of anilines is 2. The van der Waals surface area contributed by atoms with Crippen LogP contribution in [0.15, 0.2) is 42.6 Å². The Bertz CT molecular complexity index is 1140. The first-order valence-corrected chi connectivity index (χ1v) is 10.1. The van der Waals surface area contributed by atoms with Gasteiger partial charge in [-0.1, -0.05) is 12.1 Å². The molecule has 0 atom stereocenters. The Morgan fingerprint density at radius 1 is 1.06 bits per heavy atom. The molecular weight excluding hydrogens is 410 g/mol. The van der Waals surface area contributed by atoms with E-state index in [2.05, 4.69) is 16.4 Å². The van der Waals surface area contributed by atoms with E-state index >= 15 is 0 Å². The van der Waals surface area contributed by atoms with E-state index in [4.69, 9.17) is 18.9 Å². The van der Waals surface area contributed by atoms with E-state index in [1.807, 2.05) is 6.07 Å². The predicted octanol–water partition coefficient (Wildman–Crippen LogP) is 4.10. The van der Waals surface area contributed by atoms with Crippen molar-refractivity contribution in [2.24, 2.45) is 0 Å². The SMILES string of the molecule is COCCOc1ccc2ncc(C#N)c(Nc3cccc(C(C)=O)c3)c2c1OCCOC.